The van der Waals surface area contributed by atoms with Crippen LogP contribution < -0.4 is 9.80 Å². The molecule has 0 unspecified atom stereocenters. The molecule has 2 aliphatic heterocycles. The molecule has 4 rings (SSSR count). The molecule has 0 aliphatic carbocycles. The van der Waals surface area contributed by atoms with E-state index in [1.165, 1.54) is 17.7 Å². The molecule has 6 nitrogen and oxygen atoms in total. The summed E-state index contributed by atoms with van der Waals surface area (Å²) in [5.41, 5.74) is 5.28. The molecule has 1 fully saturated rings. The highest BCUT2D eigenvalue weighted by Crippen LogP contribution is 2.35. The van der Waals surface area contributed by atoms with E-state index in [2.05, 4.69) is 4.90 Å². The van der Waals surface area contributed by atoms with Crippen LogP contribution in [0.4, 0.5) is 11.4 Å². The number of hydrogen-bond donors (Lipinski definition) is 1. The van der Waals surface area contributed by atoms with Crippen LogP contribution in [0.1, 0.15) is 29.5 Å². The maximum atomic E-state index is 13.5. The maximum Gasteiger partial charge on any atom is 0.282 e. The predicted molar refractivity (Wildman–Crippen MR) is 123 cm³/mol. The normalized spacial score (nSPS) is 16.6. The van der Waals surface area contributed by atoms with Gasteiger partial charge in [-0.15, -0.1) is 0 Å². The van der Waals surface area contributed by atoms with Crippen LogP contribution in [-0.2, 0) is 9.59 Å². The first-order valence-corrected chi connectivity index (χ1v) is 10.8. The molecular weight excluding hydrogens is 390 g/mol. The Hall–Kier alpha value is -3.12. The highest BCUT2D eigenvalue weighted by molar-refractivity contribution is 6.45. The van der Waals surface area contributed by atoms with Crippen molar-refractivity contribution in [2.24, 2.45) is 0 Å². The van der Waals surface area contributed by atoms with Gasteiger partial charge in [0.05, 0.1) is 17.9 Å². The van der Waals surface area contributed by atoms with Gasteiger partial charge >= 0.3 is 0 Å². The van der Waals surface area contributed by atoms with Crippen molar-refractivity contribution in [2.75, 3.05) is 43.1 Å². The molecule has 0 bridgehead atoms. The number of benzene rings is 2. The molecule has 0 radical (unpaired) electrons. The average molecular weight is 420 g/mol. The monoisotopic (exact) mass is 419 g/mol. The molecule has 0 saturated carbocycles. The first kappa shape index (κ1) is 21.1. The summed E-state index contributed by atoms with van der Waals surface area (Å²) in [6.45, 7) is 6.25. The summed E-state index contributed by atoms with van der Waals surface area (Å²) in [5, 5.41) is 9.43. The van der Waals surface area contributed by atoms with Gasteiger partial charge in [-0.3, -0.25) is 9.59 Å². The number of hydrogen-bond acceptors (Lipinski definition) is 5. The summed E-state index contributed by atoms with van der Waals surface area (Å²) in [6.07, 6.45) is 2.38. The number of carbonyl (C=O) groups excluding carboxylic acids is 2. The van der Waals surface area contributed by atoms with Crippen LogP contribution >= 0.6 is 0 Å². The van der Waals surface area contributed by atoms with Gasteiger partial charge in [0.1, 0.15) is 5.70 Å². The second-order valence-electron chi connectivity index (χ2n) is 8.32. The standard InChI is InChI=1S/C25H29N3O3/c1-17-6-7-19(16-18(17)2)22-23(26(3)14-15-29)25(31)28(24(22)30)21-10-8-20(9-11-21)27-12-4-5-13-27/h6-11,16,29H,4-5,12-15H2,1-3H3. The lowest BCUT2D eigenvalue weighted by Gasteiger charge is -2.21. The summed E-state index contributed by atoms with van der Waals surface area (Å²) in [7, 11) is 1.73. The van der Waals surface area contributed by atoms with Gasteiger partial charge < -0.3 is 14.9 Å². The van der Waals surface area contributed by atoms with Gasteiger partial charge in [-0.2, -0.15) is 0 Å². The van der Waals surface area contributed by atoms with Crippen molar-refractivity contribution in [3.8, 4) is 0 Å². The highest BCUT2D eigenvalue weighted by atomic mass is 16.3. The van der Waals surface area contributed by atoms with Crippen molar-refractivity contribution in [2.45, 2.75) is 26.7 Å². The number of nitrogens with zero attached hydrogens (tertiary/aromatic N) is 3. The number of rotatable bonds is 6. The van der Waals surface area contributed by atoms with Gasteiger partial charge in [-0.05, 0) is 67.6 Å². The number of amides is 2. The Kier molecular flexibility index (Phi) is 5.83. The largest absolute Gasteiger partial charge is 0.395 e. The fraction of sp³-hybridized carbons (Fsp3) is 0.360. The lowest BCUT2D eigenvalue weighted by molar-refractivity contribution is -0.120. The Balaban J connectivity index is 1.73. The molecule has 0 aromatic heterocycles. The van der Waals surface area contributed by atoms with E-state index in [9.17, 15) is 14.7 Å². The summed E-state index contributed by atoms with van der Waals surface area (Å²) in [4.78, 5) is 32.2. The van der Waals surface area contributed by atoms with Gasteiger partial charge in [0.2, 0.25) is 0 Å². The van der Waals surface area contributed by atoms with Crippen molar-refractivity contribution in [1.29, 1.82) is 0 Å². The van der Waals surface area contributed by atoms with Gasteiger partial charge in [0, 0.05) is 32.4 Å². The van der Waals surface area contributed by atoms with E-state index in [0.717, 1.165) is 35.5 Å². The molecule has 2 aromatic carbocycles. The molecule has 0 spiro atoms. The van der Waals surface area contributed by atoms with E-state index in [1.807, 2.05) is 56.3 Å². The number of aryl methyl sites for hydroxylation is 2. The highest BCUT2D eigenvalue weighted by Gasteiger charge is 2.41. The van der Waals surface area contributed by atoms with Crippen molar-refractivity contribution >= 4 is 28.8 Å². The molecule has 2 aliphatic rings. The number of carbonyl (C=O) groups is 2. The van der Waals surface area contributed by atoms with Crippen LogP contribution in [0, 0.1) is 13.8 Å². The van der Waals surface area contributed by atoms with Gasteiger partial charge in [-0.1, -0.05) is 18.2 Å². The van der Waals surface area contributed by atoms with Crippen molar-refractivity contribution in [3.05, 3.63) is 64.9 Å². The molecule has 31 heavy (non-hydrogen) atoms. The topological polar surface area (TPSA) is 64.1 Å². The van der Waals surface area contributed by atoms with E-state index in [1.54, 1.807) is 11.9 Å². The minimum Gasteiger partial charge on any atom is -0.395 e. The summed E-state index contributed by atoms with van der Waals surface area (Å²) >= 11 is 0. The third kappa shape index (κ3) is 3.83. The molecule has 6 heteroatoms. The minimum atomic E-state index is -0.358. The van der Waals surface area contributed by atoms with Crippen molar-refractivity contribution in [3.63, 3.8) is 0 Å². The Bertz CT molecular complexity index is 1040. The van der Waals surface area contributed by atoms with E-state index in [-0.39, 0.29) is 25.0 Å². The van der Waals surface area contributed by atoms with Crippen LogP contribution in [0.25, 0.3) is 5.57 Å². The smallest absolute Gasteiger partial charge is 0.282 e. The lowest BCUT2D eigenvalue weighted by atomic mass is 9.99. The molecule has 2 amide bonds. The first-order valence-electron chi connectivity index (χ1n) is 10.8. The van der Waals surface area contributed by atoms with Gasteiger partial charge in [0.15, 0.2) is 0 Å². The molecule has 0 atom stereocenters. The fourth-order valence-corrected chi connectivity index (χ4v) is 4.31. The second-order valence-corrected chi connectivity index (χ2v) is 8.32. The zero-order valence-electron chi connectivity index (χ0n) is 18.4. The van der Waals surface area contributed by atoms with Crippen molar-refractivity contribution < 1.29 is 14.7 Å². The van der Waals surface area contributed by atoms with Gasteiger partial charge in [0.25, 0.3) is 11.8 Å². The number of anilines is 2. The molecule has 2 aromatic rings. The Morgan fingerprint density at radius 3 is 2.16 bits per heavy atom. The predicted octanol–water partition coefficient (Wildman–Crippen LogP) is 3.11. The van der Waals surface area contributed by atoms with E-state index >= 15 is 0 Å². The van der Waals surface area contributed by atoms with Crippen LogP contribution in [0.2, 0.25) is 0 Å². The summed E-state index contributed by atoms with van der Waals surface area (Å²) < 4.78 is 0. The molecule has 1 saturated heterocycles. The molecule has 1 N–H and O–H groups in total. The van der Waals surface area contributed by atoms with Crippen molar-refractivity contribution in [1.82, 2.24) is 4.90 Å². The first-order chi connectivity index (χ1) is 14.9. The SMILES string of the molecule is Cc1ccc(C2=C(N(C)CCO)C(=O)N(c3ccc(N4CCCC4)cc3)C2=O)cc1C. The zero-order chi connectivity index (χ0) is 22.1. The Morgan fingerprint density at radius 2 is 1.55 bits per heavy atom. The molecule has 2 heterocycles. The zero-order valence-corrected chi connectivity index (χ0v) is 18.4. The summed E-state index contributed by atoms with van der Waals surface area (Å²) in [6, 6.07) is 13.4. The number of aliphatic hydroxyl groups excluding tert-OH is 1. The van der Waals surface area contributed by atoms with E-state index < -0.39 is 0 Å². The molecular formula is C25H29N3O3. The van der Waals surface area contributed by atoms with Gasteiger partial charge in [-0.25, -0.2) is 4.90 Å². The lowest BCUT2D eigenvalue weighted by Crippen LogP contribution is -2.34. The molecule has 162 valence electrons. The number of likely N-dealkylation sites (N-methyl/N-ethyl adjacent to an activating group) is 1. The maximum absolute atomic E-state index is 13.5. The average Bonchev–Trinajstić information content (AvgIpc) is 3.37. The third-order valence-corrected chi connectivity index (χ3v) is 6.25. The third-order valence-electron chi connectivity index (χ3n) is 6.25. The van der Waals surface area contributed by atoms with E-state index in [4.69, 9.17) is 0 Å². The Morgan fingerprint density at radius 1 is 0.903 bits per heavy atom. The van der Waals surface area contributed by atoms with Crippen LogP contribution in [-0.4, -0.2) is 55.1 Å². The minimum absolute atomic E-state index is 0.105. The van der Waals surface area contributed by atoms with Crippen LogP contribution in [0.3, 0.4) is 0 Å². The fourth-order valence-electron chi connectivity index (χ4n) is 4.31. The number of aliphatic hydroxyl groups is 1. The van der Waals surface area contributed by atoms with E-state index in [0.29, 0.717) is 17.0 Å². The number of imide groups is 1. The Labute approximate surface area is 183 Å². The van der Waals surface area contributed by atoms with Crippen LogP contribution in [0.15, 0.2) is 48.2 Å². The summed E-state index contributed by atoms with van der Waals surface area (Å²) in [5.74, 6) is -0.690. The van der Waals surface area contributed by atoms with Crippen LogP contribution in [0.5, 0.6) is 0 Å². The second kappa shape index (κ2) is 8.55. The quantitative estimate of drug-likeness (QED) is 0.729.